The molecule has 0 amide bonds. The first kappa shape index (κ1) is 11.6. The van der Waals surface area contributed by atoms with Gasteiger partial charge in [-0.25, -0.2) is 8.42 Å². The van der Waals surface area contributed by atoms with Crippen LogP contribution >= 0.6 is 0 Å². The number of aromatic nitrogens is 2. The van der Waals surface area contributed by atoms with E-state index in [0.29, 0.717) is 30.2 Å². The molecule has 1 fully saturated rings. The molecule has 5 nitrogen and oxygen atoms in total. The summed E-state index contributed by atoms with van der Waals surface area (Å²) >= 11 is 0. The monoisotopic (exact) mass is 243 g/mol. The van der Waals surface area contributed by atoms with Crippen molar-refractivity contribution in [1.82, 2.24) is 14.1 Å². The second-order valence-corrected chi connectivity index (χ2v) is 5.95. The first-order chi connectivity index (χ1) is 7.48. The summed E-state index contributed by atoms with van der Waals surface area (Å²) in [6.45, 7) is 7.50. The molecule has 1 aliphatic heterocycles. The van der Waals surface area contributed by atoms with Gasteiger partial charge in [0.25, 0.3) is 0 Å². The highest BCUT2D eigenvalue weighted by atomic mass is 32.2. The highest BCUT2D eigenvalue weighted by Crippen LogP contribution is 2.26. The molecule has 0 N–H and O–H groups in total. The van der Waals surface area contributed by atoms with Crippen LogP contribution in [0.3, 0.4) is 0 Å². The second-order valence-electron chi connectivity index (χ2n) is 4.07. The van der Waals surface area contributed by atoms with Gasteiger partial charge in [0, 0.05) is 19.6 Å². The maximum atomic E-state index is 12.3. The first-order valence-corrected chi connectivity index (χ1v) is 6.96. The highest BCUT2D eigenvalue weighted by molar-refractivity contribution is 7.89. The van der Waals surface area contributed by atoms with Gasteiger partial charge in [0.1, 0.15) is 4.90 Å². The summed E-state index contributed by atoms with van der Waals surface area (Å²) in [5.74, 6) is 0. The minimum atomic E-state index is -3.30. The average Bonchev–Trinajstić information content (AvgIpc) is 2.37. The van der Waals surface area contributed by atoms with Gasteiger partial charge in [-0.05, 0) is 27.2 Å². The molecule has 0 aliphatic carbocycles. The van der Waals surface area contributed by atoms with E-state index in [1.807, 2.05) is 13.8 Å². The largest absolute Gasteiger partial charge is 0.268 e. The van der Waals surface area contributed by atoms with Gasteiger partial charge in [0.15, 0.2) is 0 Å². The summed E-state index contributed by atoms with van der Waals surface area (Å²) in [6, 6.07) is 0. The molecule has 1 aliphatic rings. The van der Waals surface area contributed by atoms with E-state index < -0.39 is 10.0 Å². The van der Waals surface area contributed by atoms with Crippen molar-refractivity contribution in [1.29, 1.82) is 0 Å². The normalized spacial score (nSPS) is 17.4. The predicted octanol–water partition coefficient (Wildman–Crippen LogP) is 0.914. The quantitative estimate of drug-likeness (QED) is 0.793. The summed E-state index contributed by atoms with van der Waals surface area (Å²) in [6.07, 6.45) is 0.958. The minimum absolute atomic E-state index is 0.397. The van der Waals surface area contributed by atoms with Crippen LogP contribution in [-0.4, -0.2) is 35.6 Å². The number of aryl methyl sites for hydroxylation is 2. The van der Waals surface area contributed by atoms with Gasteiger partial charge < -0.3 is 0 Å². The van der Waals surface area contributed by atoms with Crippen LogP contribution in [-0.2, 0) is 16.6 Å². The van der Waals surface area contributed by atoms with Crippen molar-refractivity contribution in [3.05, 3.63) is 11.4 Å². The number of rotatable bonds is 3. The van der Waals surface area contributed by atoms with Gasteiger partial charge in [-0.3, -0.25) is 4.68 Å². The zero-order chi connectivity index (χ0) is 11.9. The summed E-state index contributed by atoms with van der Waals surface area (Å²) in [5.41, 5.74) is 1.35. The Labute approximate surface area is 96.1 Å². The Hall–Kier alpha value is -0.880. The van der Waals surface area contributed by atoms with Gasteiger partial charge in [-0.1, -0.05) is 0 Å². The molecule has 0 saturated carbocycles. The van der Waals surface area contributed by atoms with Gasteiger partial charge in [0.05, 0.1) is 11.4 Å². The Kier molecular flexibility index (Phi) is 2.79. The Morgan fingerprint density at radius 2 is 1.94 bits per heavy atom. The number of nitrogens with zero attached hydrogens (tertiary/aromatic N) is 3. The van der Waals surface area contributed by atoms with Crippen LogP contribution in [0, 0.1) is 13.8 Å². The fourth-order valence-electron chi connectivity index (χ4n) is 2.02. The molecule has 0 aromatic carbocycles. The molecule has 1 aromatic rings. The molecular weight excluding hydrogens is 226 g/mol. The van der Waals surface area contributed by atoms with Gasteiger partial charge >= 0.3 is 0 Å². The maximum Gasteiger partial charge on any atom is 0.246 e. The Morgan fingerprint density at radius 1 is 1.31 bits per heavy atom. The Morgan fingerprint density at radius 3 is 2.31 bits per heavy atom. The lowest BCUT2D eigenvalue weighted by atomic mass is 10.3. The molecule has 0 atom stereocenters. The number of hydrogen-bond acceptors (Lipinski definition) is 3. The third-order valence-electron chi connectivity index (χ3n) is 3.03. The number of sulfonamides is 1. The lowest BCUT2D eigenvalue weighted by molar-refractivity contribution is 0.309. The molecule has 0 bridgehead atoms. The first-order valence-electron chi connectivity index (χ1n) is 5.52. The molecule has 0 unspecified atom stereocenters. The van der Waals surface area contributed by atoms with Crippen LogP contribution in [0.2, 0.25) is 0 Å². The number of hydrogen-bond donors (Lipinski definition) is 0. The summed E-state index contributed by atoms with van der Waals surface area (Å²) in [5, 5.41) is 4.25. The van der Waals surface area contributed by atoms with Gasteiger partial charge in [-0.2, -0.15) is 9.40 Å². The van der Waals surface area contributed by atoms with Crippen molar-refractivity contribution in [2.24, 2.45) is 0 Å². The lowest BCUT2D eigenvalue weighted by Crippen LogP contribution is -2.42. The zero-order valence-electron chi connectivity index (χ0n) is 9.89. The molecule has 1 aromatic heterocycles. The fraction of sp³-hybridized carbons (Fsp3) is 0.700. The standard InChI is InChI=1S/C10H17N3O2S/c1-4-13-9(3)10(8(2)11-13)16(14,15)12-6-5-7-12/h4-7H2,1-3H3. The third-order valence-corrected chi connectivity index (χ3v) is 5.18. The molecule has 0 radical (unpaired) electrons. The summed E-state index contributed by atoms with van der Waals surface area (Å²) in [7, 11) is -3.30. The van der Waals surface area contributed by atoms with Crippen molar-refractivity contribution in [2.45, 2.75) is 38.6 Å². The van der Waals surface area contributed by atoms with E-state index >= 15 is 0 Å². The second kappa shape index (κ2) is 3.85. The fourth-order valence-corrected chi connectivity index (χ4v) is 3.91. The molecule has 2 rings (SSSR count). The molecule has 16 heavy (non-hydrogen) atoms. The van der Waals surface area contributed by atoms with E-state index in [0.717, 1.165) is 12.1 Å². The van der Waals surface area contributed by atoms with Crippen LogP contribution in [0.25, 0.3) is 0 Å². The molecular formula is C10H17N3O2S. The van der Waals surface area contributed by atoms with Crippen molar-refractivity contribution >= 4 is 10.0 Å². The smallest absolute Gasteiger partial charge is 0.246 e. The molecule has 6 heteroatoms. The van der Waals surface area contributed by atoms with Crippen LogP contribution in [0.15, 0.2) is 4.90 Å². The van der Waals surface area contributed by atoms with Crippen molar-refractivity contribution < 1.29 is 8.42 Å². The molecule has 90 valence electrons. The van der Waals surface area contributed by atoms with Crippen LogP contribution < -0.4 is 0 Å². The van der Waals surface area contributed by atoms with Crippen LogP contribution in [0.4, 0.5) is 0 Å². The van der Waals surface area contributed by atoms with E-state index in [-0.39, 0.29) is 0 Å². The molecule has 2 heterocycles. The van der Waals surface area contributed by atoms with Crippen molar-refractivity contribution in [2.75, 3.05) is 13.1 Å². The summed E-state index contributed by atoms with van der Waals surface area (Å²) < 4.78 is 27.8. The average molecular weight is 243 g/mol. The van der Waals surface area contributed by atoms with Crippen LogP contribution in [0.1, 0.15) is 24.7 Å². The van der Waals surface area contributed by atoms with Gasteiger partial charge in [0.2, 0.25) is 10.0 Å². The lowest BCUT2D eigenvalue weighted by Gasteiger charge is -2.29. The molecule has 0 spiro atoms. The topological polar surface area (TPSA) is 55.2 Å². The van der Waals surface area contributed by atoms with Gasteiger partial charge in [-0.15, -0.1) is 0 Å². The zero-order valence-corrected chi connectivity index (χ0v) is 10.7. The van der Waals surface area contributed by atoms with Crippen LogP contribution in [0.5, 0.6) is 0 Å². The van der Waals surface area contributed by atoms with E-state index in [1.165, 1.54) is 4.31 Å². The predicted molar refractivity (Wildman–Crippen MR) is 60.8 cm³/mol. The summed E-state index contributed by atoms with van der Waals surface area (Å²) in [4.78, 5) is 0.397. The van der Waals surface area contributed by atoms with E-state index in [4.69, 9.17) is 0 Å². The van der Waals surface area contributed by atoms with E-state index in [2.05, 4.69) is 5.10 Å². The Balaban J connectivity index is 2.51. The van der Waals surface area contributed by atoms with Crippen molar-refractivity contribution in [3.63, 3.8) is 0 Å². The highest BCUT2D eigenvalue weighted by Gasteiger charge is 2.33. The van der Waals surface area contributed by atoms with Crippen molar-refractivity contribution in [3.8, 4) is 0 Å². The maximum absolute atomic E-state index is 12.3. The minimum Gasteiger partial charge on any atom is -0.268 e. The molecule has 1 saturated heterocycles. The van der Waals surface area contributed by atoms with E-state index in [9.17, 15) is 8.42 Å². The third kappa shape index (κ3) is 1.56. The van der Waals surface area contributed by atoms with E-state index in [1.54, 1.807) is 11.6 Å². The SMILES string of the molecule is CCn1nc(C)c(S(=O)(=O)N2CCC2)c1C. The Bertz CT molecular complexity index is 500.